The van der Waals surface area contributed by atoms with Crippen LogP contribution in [0.1, 0.15) is 192 Å². The third kappa shape index (κ3) is 29.1. The van der Waals surface area contributed by atoms with Crippen LogP contribution in [0.5, 0.6) is 5.75 Å². The molecule has 0 saturated heterocycles. The van der Waals surface area contributed by atoms with Gasteiger partial charge < -0.3 is 4.74 Å². The van der Waals surface area contributed by atoms with Crippen LogP contribution in [0.25, 0.3) is 16.7 Å². The predicted molar refractivity (Wildman–Crippen MR) is 359 cm³/mol. The fourth-order valence-electron chi connectivity index (χ4n) is 9.58. The Morgan fingerprint density at radius 3 is 1.25 bits per heavy atom. The lowest BCUT2D eigenvalue weighted by Gasteiger charge is -2.21. The zero-order chi connectivity index (χ0) is 61.7. The highest BCUT2D eigenvalue weighted by molar-refractivity contribution is 5.66. The number of alkyl halides is 3. The van der Waals surface area contributed by atoms with Crippen LogP contribution in [0.2, 0.25) is 0 Å². The van der Waals surface area contributed by atoms with Crippen molar-refractivity contribution in [2.75, 3.05) is 0 Å². The number of hydrogen-bond acceptors (Lipinski definition) is 1. The summed E-state index contributed by atoms with van der Waals surface area (Å²) >= 11 is 0. The molecule has 0 unspecified atom stereocenters. The second-order valence-electron chi connectivity index (χ2n) is 25.6. The average Bonchev–Trinajstić information content (AvgIpc) is 3.64. The summed E-state index contributed by atoms with van der Waals surface area (Å²) in [6.07, 6.45) is 11.3. The number of aryl methyl sites for hydroxylation is 7. The van der Waals surface area contributed by atoms with E-state index in [4.69, 9.17) is 0 Å². The van der Waals surface area contributed by atoms with Crippen molar-refractivity contribution in [2.24, 2.45) is 5.41 Å². The van der Waals surface area contributed by atoms with Crippen molar-refractivity contribution in [3.05, 3.63) is 273 Å². The molecule has 0 aliphatic heterocycles. The van der Waals surface area contributed by atoms with Gasteiger partial charge in [-0.25, -0.2) is 0 Å². The molecule has 0 spiro atoms. The summed E-state index contributed by atoms with van der Waals surface area (Å²) in [6, 6.07) is 68.9. The van der Waals surface area contributed by atoms with Gasteiger partial charge in [-0.05, 0) is 173 Å². The number of rotatable bonds is 6. The Kier molecular flexibility index (Phi) is 29.3. The minimum Gasteiger partial charge on any atom is -0.406 e. The molecular weight excluding hydrogens is 1030 g/mol. The van der Waals surface area contributed by atoms with E-state index in [0.29, 0.717) is 11.3 Å². The van der Waals surface area contributed by atoms with Crippen molar-refractivity contribution < 1.29 is 17.9 Å². The zero-order valence-corrected chi connectivity index (χ0v) is 53.9. The van der Waals surface area contributed by atoms with Crippen molar-refractivity contribution in [1.29, 1.82) is 0 Å². The van der Waals surface area contributed by atoms with Gasteiger partial charge in [-0.1, -0.05) is 308 Å². The number of benzene rings is 8. The van der Waals surface area contributed by atoms with Crippen LogP contribution in [-0.2, 0) is 11.8 Å². The summed E-state index contributed by atoms with van der Waals surface area (Å²) in [6.45, 7) is 32.5. The Labute approximate surface area is 507 Å². The molecule has 0 amide bonds. The van der Waals surface area contributed by atoms with Crippen LogP contribution in [0.3, 0.4) is 0 Å². The van der Waals surface area contributed by atoms with Gasteiger partial charge in [0.25, 0.3) is 0 Å². The Morgan fingerprint density at radius 2 is 0.833 bits per heavy atom. The molecule has 10 rings (SSSR count). The lowest BCUT2D eigenvalue weighted by Crippen LogP contribution is -2.16. The third-order valence-electron chi connectivity index (χ3n) is 14.8. The largest absolute Gasteiger partial charge is 0.573 e. The summed E-state index contributed by atoms with van der Waals surface area (Å²) in [4.78, 5) is 0. The molecule has 0 bridgehead atoms. The van der Waals surface area contributed by atoms with E-state index in [1.54, 1.807) is 30.2 Å². The Morgan fingerprint density at radius 1 is 0.429 bits per heavy atom. The first-order valence-corrected chi connectivity index (χ1v) is 30.7. The van der Waals surface area contributed by atoms with Gasteiger partial charge in [0.15, 0.2) is 0 Å². The SMILES string of the molecule is Cc1ccc(-c2ccccc2)cc1.Cc1ccc(C(C)(C)C)cc1.Cc1ccc(C(C)C)cc1.Cc1ccc(C2=CCCCC2)cc1.Cc1ccc(C2CCCCC2)cc1.Cc1ccc(CC(C)(C)C)cc1.Cc1ccc(OC(F)(F)F)cc1. The zero-order valence-electron chi connectivity index (χ0n) is 53.9. The standard InChI is InChI=1S/C13H18.C13H16.C13H12.C12H18.C11H16.C10H14.C8H7F3O/c3*1-11-7-9-13(10-8-11)12-5-3-2-4-6-12;1-10-5-7-11(8-6-10)9-12(2,3)4;1-9-5-7-10(8-6-9)11(2,3)4;1-8(2)10-6-4-9(3)5-7-10;1-6-2-4-7(5-3-6)12-8(9,10)11/h7-10,12H,2-6H2,1H3;5,7-10H,2-4,6H2,1H3;2-10H,1H3;5-8H,9H2,1-4H3;5-8H,1-4H3;4-8H,1-3H3;2-5H,1H3. The van der Waals surface area contributed by atoms with E-state index < -0.39 is 6.36 Å². The molecule has 1 fully saturated rings. The van der Waals surface area contributed by atoms with Gasteiger partial charge in [0.1, 0.15) is 5.75 Å². The molecule has 1 nitrogen and oxygen atoms in total. The summed E-state index contributed by atoms with van der Waals surface area (Å²) in [5.41, 5.74) is 21.0. The number of allylic oxidation sites excluding steroid dienone is 2. The van der Waals surface area contributed by atoms with E-state index >= 15 is 0 Å². The monoisotopic (exact) mass is 1130 g/mol. The maximum atomic E-state index is 11.6. The minimum atomic E-state index is -4.60. The second-order valence-corrected chi connectivity index (χ2v) is 25.6. The van der Waals surface area contributed by atoms with Crippen molar-refractivity contribution in [2.45, 2.75) is 192 Å². The van der Waals surface area contributed by atoms with Crippen LogP contribution in [0.15, 0.2) is 206 Å². The summed E-state index contributed by atoms with van der Waals surface area (Å²) < 4.78 is 38.5. The van der Waals surface area contributed by atoms with E-state index in [0.717, 1.165) is 17.9 Å². The van der Waals surface area contributed by atoms with Crippen molar-refractivity contribution >= 4 is 5.57 Å². The molecule has 0 N–H and O–H groups in total. The number of halogens is 3. The van der Waals surface area contributed by atoms with Crippen molar-refractivity contribution in [3.8, 4) is 16.9 Å². The quantitative estimate of drug-likeness (QED) is 0.161. The lowest BCUT2D eigenvalue weighted by atomic mass is 9.84. The fourth-order valence-corrected chi connectivity index (χ4v) is 9.58. The first-order valence-electron chi connectivity index (χ1n) is 30.7. The van der Waals surface area contributed by atoms with E-state index in [1.165, 1.54) is 137 Å². The highest BCUT2D eigenvalue weighted by atomic mass is 19.4. The molecule has 1 saturated carbocycles. The fraction of sp³-hybridized carbons (Fsp3) is 0.375. The number of hydrogen-bond donors (Lipinski definition) is 0. The third-order valence-corrected chi connectivity index (χ3v) is 14.8. The summed E-state index contributed by atoms with van der Waals surface area (Å²) in [7, 11) is 0. The number of ether oxygens (including phenoxy) is 1. The topological polar surface area (TPSA) is 9.23 Å². The van der Waals surface area contributed by atoms with Crippen molar-refractivity contribution in [3.63, 3.8) is 0 Å². The average molecular weight is 1140 g/mol. The molecule has 4 heteroatoms. The van der Waals surface area contributed by atoms with Crippen LogP contribution >= 0.6 is 0 Å². The molecular formula is C80H101F3O. The normalized spacial score (nSPS) is 13.1. The first-order chi connectivity index (χ1) is 39.7. The van der Waals surface area contributed by atoms with Gasteiger partial charge in [-0.15, -0.1) is 13.2 Å². The molecule has 0 radical (unpaired) electrons. The van der Waals surface area contributed by atoms with Gasteiger partial charge in [-0.2, -0.15) is 0 Å². The second kappa shape index (κ2) is 35.4. The van der Waals surface area contributed by atoms with E-state index in [9.17, 15) is 13.2 Å². The highest BCUT2D eigenvalue weighted by Gasteiger charge is 2.31. The van der Waals surface area contributed by atoms with Crippen LogP contribution in [-0.4, -0.2) is 6.36 Å². The van der Waals surface area contributed by atoms with E-state index in [2.05, 4.69) is 278 Å². The van der Waals surface area contributed by atoms with Gasteiger partial charge in [-0.3, -0.25) is 0 Å². The van der Waals surface area contributed by atoms with Crippen LogP contribution in [0.4, 0.5) is 13.2 Å². The van der Waals surface area contributed by atoms with Gasteiger partial charge >= 0.3 is 6.36 Å². The van der Waals surface area contributed by atoms with E-state index in [-0.39, 0.29) is 11.2 Å². The minimum absolute atomic E-state index is 0.187. The molecule has 2 aliphatic rings. The Balaban J connectivity index is 0.000000211. The summed E-state index contributed by atoms with van der Waals surface area (Å²) in [5.74, 6) is 1.32. The molecule has 448 valence electrons. The molecule has 0 aromatic heterocycles. The van der Waals surface area contributed by atoms with Gasteiger partial charge in [0.2, 0.25) is 0 Å². The summed E-state index contributed by atoms with van der Waals surface area (Å²) in [5, 5.41) is 0. The predicted octanol–water partition coefficient (Wildman–Crippen LogP) is 24.5. The highest BCUT2D eigenvalue weighted by Crippen LogP contribution is 2.33. The molecule has 0 heterocycles. The molecule has 84 heavy (non-hydrogen) atoms. The van der Waals surface area contributed by atoms with E-state index in [1.807, 2.05) is 6.07 Å². The first kappa shape index (κ1) is 69.6. The smallest absolute Gasteiger partial charge is 0.406 e. The molecule has 0 atom stereocenters. The molecule has 8 aromatic rings. The van der Waals surface area contributed by atoms with Crippen LogP contribution in [0, 0.1) is 53.9 Å². The lowest BCUT2D eigenvalue weighted by molar-refractivity contribution is -0.274. The van der Waals surface area contributed by atoms with Gasteiger partial charge in [0.05, 0.1) is 0 Å². The maximum absolute atomic E-state index is 11.6. The Bertz CT molecular complexity index is 2980. The maximum Gasteiger partial charge on any atom is 0.573 e. The Hall–Kier alpha value is -6.91. The molecule has 8 aromatic carbocycles. The van der Waals surface area contributed by atoms with Crippen LogP contribution < -0.4 is 4.74 Å². The van der Waals surface area contributed by atoms with Crippen molar-refractivity contribution in [1.82, 2.24) is 0 Å². The van der Waals surface area contributed by atoms with Gasteiger partial charge in [0, 0.05) is 0 Å². The molecule has 2 aliphatic carbocycles.